The van der Waals surface area contributed by atoms with Crippen molar-refractivity contribution in [3.05, 3.63) is 17.6 Å². The molecule has 0 saturated heterocycles. The lowest BCUT2D eigenvalue weighted by atomic mass is 10.2. The minimum Gasteiger partial charge on any atom is -0.352 e. The van der Waals surface area contributed by atoms with Gasteiger partial charge in [-0.1, -0.05) is 26.7 Å². The van der Waals surface area contributed by atoms with E-state index in [0.29, 0.717) is 18.5 Å². The summed E-state index contributed by atoms with van der Waals surface area (Å²) in [4.78, 5) is 11.7. The third-order valence-electron chi connectivity index (χ3n) is 3.80. The number of anilines is 1. The van der Waals surface area contributed by atoms with Gasteiger partial charge in [-0.3, -0.25) is 0 Å². The molecule has 0 atom stereocenters. The second-order valence-corrected chi connectivity index (χ2v) is 5.80. The highest BCUT2D eigenvalue weighted by molar-refractivity contribution is 5.41. The van der Waals surface area contributed by atoms with Crippen LogP contribution >= 0.6 is 0 Å². The lowest BCUT2D eigenvalue weighted by Crippen LogP contribution is -2.38. The average molecular weight is 262 g/mol. The Morgan fingerprint density at radius 1 is 1.32 bits per heavy atom. The Labute approximate surface area is 116 Å². The van der Waals surface area contributed by atoms with Crippen LogP contribution in [0.2, 0.25) is 0 Å². The zero-order chi connectivity index (χ0) is 13.8. The number of aryl methyl sites for hydroxylation is 1. The van der Waals surface area contributed by atoms with Crippen LogP contribution in [0.4, 0.5) is 5.82 Å². The summed E-state index contributed by atoms with van der Waals surface area (Å²) in [5.41, 5.74) is 6.83. The van der Waals surface area contributed by atoms with Crippen molar-refractivity contribution in [2.24, 2.45) is 5.73 Å². The Morgan fingerprint density at radius 2 is 2.00 bits per heavy atom. The van der Waals surface area contributed by atoms with E-state index in [-0.39, 0.29) is 0 Å². The maximum atomic E-state index is 5.79. The summed E-state index contributed by atoms with van der Waals surface area (Å²) in [7, 11) is 0. The molecule has 0 aromatic carbocycles. The molecule has 1 aromatic rings. The first kappa shape index (κ1) is 14.3. The van der Waals surface area contributed by atoms with Crippen LogP contribution in [0.25, 0.3) is 0 Å². The van der Waals surface area contributed by atoms with Crippen molar-refractivity contribution in [2.75, 3.05) is 18.0 Å². The van der Waals surface area contributed by atoms with Crippen molar-refractivity contribution in [1.82, 2.24) is 9.97 Å². The highest BCUT2D eigenvalue weighted by Gasteiger charge is 2.24. The van der Waals surface area contributed by atoms with Crippen LogP contribution < -0.4 is 10.6 Å². The second kappa shape index (κ2) is 6.33. The van der Waals surface area contributed by atoms with Crippen molar-refractivity contribution < 1.29 is 0 Å². The van der Waals surface area contributed by atoms with Gasteiger partial charge in [0.1, 0.15) is 11.6 Å². The van der Waals surface area contributed by atoms with Crippen LogP contribution in [-0.2, 0) is 0 Å². The van der Waals surface area contributed by atoms with E-state index in [2.05, 4.69) is 29.8 Å². The van der Waals surface area contributed by atoms with E-state index < -0.39 is 0 Å². The summed E-state index contributed by atoms with van der Waals surface area (Å²) in [6.45, 7) is 7.89. The van der Waals surface area contributed by atoms with Gasteiger partial charge in [0, 0.05) is 36.8 Å². The lowest BCUT2D eigenvalue weighted by Gasteiger charge is -2.30. The van der Waals surface area contributed by atoms with E-state index in [4.69, 9.17) is 10.7 Å². The van der Waals surface area contributed by atoms with Gasteiger partial charge in [0.15, 0.2) is 0 Å². The van der Waals surface area contributed by atoms with Gasteiger partial charge < -0.3 is 10.6 Å². The number of nitrogens with zero attached hydrogens (tertiary/aromatic N) is 3. The monoisotopic (exact) mass is 262 g/mol. The highest BCUT2D eigenvalue weighted by atomic mass is 15.2. The first-order valence-corrected chi connectivity index (χ1v) is 7.44. The third kappa shape index (κ3) is 3.44. The molecule has 1 heterocycles. The largest absolute Gasteiger partial charge is 0.352 e. The average Bonchev–Trinajstić information content (AvgIpc) is 2.88. The zero-order valence-electron chi connectivity index (χ0n) is 12.4. The smallest absolute Gasteiger partial charge is 0.133 e. The van der Waals surface area contributed by atoms with E-state index in [0.717, 1.165) is 23.9 Å². The van der Waals surface area contributed by atoms with Gasteiger partial charge in [0.25, 0.3) is 0 Å². The van der Waals surface area contributed by atoms with Gasteiger partial charge in [-0.05, 0) is 19.8 Å². The standard InChI is InChI=1S/C15H26N4/c1-11(2)15-17-12(3)10-14(18-15)19(9-8-16)13-6-4-5-7-13/h10-11,13H,4-9,16H2,1-3H3. The van der Waals surface area contributed by atoms with Crippen molar-refractivity contribution in [1.29, 1.82) is 0 Å². The Bertz CT molecular complexity index is 411. The number of hydrogen-bond acceptors (Lipinski definition) is 4. The lowest BCUT2D eigenvalue weighted by molar-refractivity contribution is 0.597. The summed E-state index contributed by atoms with van der Waals surface area (Å²) in [5, 5.41) is 0. The van der Waals surface area contributed by atoms with Crippen LogP contribution in [-0.4, -0.2) is 29.1 Å². The molecule has 1 aliphatic carbocycles. The molecule has 0 amide bonds. The molecule has 4 nitrogen and oxygen atoms in total. The van der Waals surface area contributed by atoms with Crippen molar-refractivity contribution >= 4 is 5.82 Å². The maximum absolute atomic E-state index is 5.79. The molecular formula is C15H26N4. The number of nitrogens with two attached hydrogens (primary N) is 1. The van der Waals surface area contributed by atoms with Crippen molar-refractivity contribution in [3.63, 3.8) is 0 Å². The van der Waals surface area contributed by atoms with Crippen molar-refractivity contribution in [2.45, 2.75) is 58.4 Å². The Hall–Kier alpha value is -1.16. The van der Waals surface area contributed by atoms with Gasteiger partial charge in [-0.25, -0.2) is 9.97 Å². The fraction of sp³-hybridized carbons (Fsp3) is 0.733. The van der Waals surface area contributed by atoms with E-state index in [9.17, 15) is 0 Å². The molecule has 19 heavy (non-hydrogen) atoms. The molecule has 1 fully saturated rings. The molecule has 1 saturated carbocycles. The van der Waals surface area contributed by atoms with E-state index in [1.165, 1.54) is 25.7 Å². The summed E-state index contributed by atoms with van der Waals surface area (Å²) < 4.78 is 0. The molecule has 0 aliphatic heterocycles. The molecule has 0 spiro atoms. The quantitative estimate of drug-likeness (QED) is 0.886. The Kier molecular flexibility index (Phi) is 4.75. The number of aromatic nitrogens is 2. The van der Waals surface area contributed by atoms with Crippen molar-refractivity contribution in [3.8, 4) is 0 Å². The van der Waals surface area contributed by atoms with Gasteiger partial charge in [-0.15, -0.1) is 0 Å². The normalized spacial score (nSPS) is 16.3. The second-order valence-electron chi connectivity index (χ2n) is 5.80. The summed E-state index contributed by atoms with van der Waals surface area (Å²) in [6.07, 6.45) is 5.18. The van der Waals surface area contributed by atoms with Crippen LogP contribution in [0.3, 0.4) is 0 Å². The molecule has 0 radical (unpaired) electrons. The summed E-state index contributed by atoms with van der Waals surface area (Å²) in [5.74, 6) is 2.37. The molecule has 0 bridgehead atoms. The predicted molar refractivity (Wildman–Crippen MR) is 79.5 cm³/mol. The Morgan fingerprint density at radius 3 is 2.58 bits per heavy atom. The van der Waals surface area contributed by atoms with Crippen LogP contribution in [0.1, 0.15) is 57.0 Å². The molecular weight excluding hydrogens is 236 g/mol. The van der Waals surface area contributed by atoms with E-state index >= 15 is 0 Å². The molecule has 0 unspecified atom stereocenters. The SMILES string of the molecule is Cc1cc(N(CCN)C2CCCC2)nc(C(C)C)n1. The fourth-order valence-electron chi connectivity index (χ4n) is 2.82. The highest BCUT2D eigenvalue weighted by Crippen LogP contribution is 2.27. The maximum Gasteiger partial charge on any atom is 0.133 e. The Balaban J connectivity index is 2.29. The first-order valence-electron chi connectivity index (χ1n) is 7.44. The van der Waals surface area contributed by atoms with Gasteiger partial charge in [0.05, 0.1) is 0 Å². The molecule has 2 rings (SSSR count). The van der Waals surface area contributed by atoms with E-state index in [1.807, 2.05) is 6.92 Å². The minimum atomic E-state index is 0.363. The van der Waals surface area contributed by atoms with E-state index in [1.54, 1.807) is 0 Å². The number of hydrogen-bond donors (Lipinski definition) is 1. The van der Waals surface area contributed by atoms with Gasteiger partial charge >= 0.3 is 0 Å². The molecule has 2 N–H and O–H groups in total. The number of rotatable bonds is 5. The molecule has 4 heteroatoms. The van der Waals surface area contributed by atoms with Crippen LogP contribution in [0.15, 0.2) is 6.07 Å². The minimum absolute atomic E-state index is 0.363. The topological polar surface area (TPSA) is 55.0 Å². The third-order valence-corrected chi connectivity index (χ3v) is 3.80. The molecule has 1 aromatic heterocycles. The zero-order valence-corrected chi connectivity index (χ0v) is 12.4. The molecule has 1 aliphatic rings. The summed E-state index contributed by atoms with van der Waals surface area (Å²) in [6, 6.07) is 2.71. The van der Waals surface area contributed by atoms with Gasteiger partial charge in [-0.2, -0.15) is 0 Å². The fourth-order valence-corrected chi connectivity index (χ4v) is 2.82. The van der Waals surface area contributed by atoms with Crippen LogP contribution in [0, 0.1) is 6.92 Å². The predicted octanol–water partition coefficient (Wildman–Crippen LogP) is 2.62. The van der Waals surface area contributed by atoms with Gasteiger partial charge in [0.2, 0.25) is 0 Å². The molecule has 106 valence electrons. The summed E-state index contributed by atoms with van der Waals surface area (Å²) >= 11 is 0. The first-order chi connectivity index (χ1) is 9.11. The van der Waals surface area contributed by atoms with Crippen LogP contribution in [0.5, 0.6) is 0 Å².